The standard InChI is InChI=1S/C27H30ClN3O3/c1-4-5-16-29(27(33)19(2)28)18-25(32)31-23-10-7-6-9-22(23)30-17-8-11-24(30)26(31)20-12-14-21(34-3)15-13-20/h6-15,17,19,26H,4-5,16,18H2,1-3H3. The van der Waals surface area contributed by atoms with Crippen LogP contribution in [0.4, 0.5) is 5.69 Å². The lowest BCUT2D eigenvalue weighted by Gasteiger charge is -2.39. The molecule has 0 radical (unpaired) electrons. The highest BCUT2D eigenvalue weighted by Crippen LogP contribution is 2.42. The molecule has 4 rings (SSSR count). The predicted molar refractivity (Wildman–Crippen MR) is 135 cm³/mol. The molecule has 0 N–H and O–H groups in total. The molecule has 2 unspecified atom stereocenters. The van der Waals surface area contributed by atoms with Gasteiger partial charge in [-0.15, -0.1) is 11.6 Å². The number of benzene rings is 2. The molecule has 1 aliphatic rings. The second-order valence-corrected chi connectivity index (χ2v) is 9.12. The van der Waals surface area contributed by atoms with Gasteiger partial charge < -0.3 is 14.2 Å². The molecular formula is C27H30ClN3O3. The lowest BCUT2D eigenvalue weighted by atomic mass is 9.97. The second kappa shape index (κ2) is 10.3. The minimum Gasteiger partial charge on any atom is -0.497 e. The minimum absolute atomic E-state index is 0.0302. The van der Waals surface area contributed by atoms with Crippen molar-refractivity contribution in [2.45, 2.75) is 38.1 Å². The number of hydrogen-bond donors (Lipinski definition) is 0. The number of nitrogens with zero attached hydrogens (tertiary/aromatic N) is 3. The largest absolute Gasteiger partial charge is 0.497 e. The molecule has 2 atom stereocenters. The van der Waals surface area contributed by atoms with E-state index in [9.17, 15) is 9.59 Å². The number of aromatic nitrogens is 1. The SMILES string of the molecule is CCCCN(CC(=O)N1c2ccccc2-n2cccc2C1c1ccc(OC)cc1)C(=O)C(C)Cl. The molecule has 1 aromatic heterocycles. The number of methoxy groups -OCH3 is 1. The summed E-state index contributed by atoms with van der Waals surface area (Å²) < 4.78 is 7.46. The summed E-state index contributed by atoms with van der Waals surface area (Å²) in [7, 11) is 1.63. The summed E-state index contributed by atoms with van der Waals surface area (Å²) >= 11 is 6.13. The number of alkyl halides is 1. The number of para-hydroxylation sites is 2. The van der Waals surface area contributed by atoms with Crippen LogP contribution in [-0.2, 0) is 9.59 Å². The minimum atomic E-state index is -0.687. The Balaban J connectivity index is 1.78. The number of rotatable bonds is 8. The summed E-state index contributed by atoms with van der Waals surface area (Å²) in [6, 6.07) is 19.3. The molecule has 0 saturated carbocycles. The summed E-state index contributed by atoms with van der Waals surface area (Å²) in [5, 5.41) is -0.687. The van der Waals surface area contributed by atoms with E-state index in [2.05, 4.69) is 11.5 Å². The van der Waals surface area contributed by atoms with Crippen LogP contribution in [-0.4, -0.2) is 46.9 Å². The monoisotopic (exact) mass is 479 g/mol. The average Bonchev–Trinajstić information content (AvgIpc) is 3.35. The predicted octanol–water partition coefficient (Wildman–Crippen LogP) is 5.18. The Labute approximate surface area is 205 Å². The van der Waals surface area contributed by atoms with E-state index in [0.717, 1.165) is 41.2 Å². The number of carbonyl (C=O) groups is 2. The third-order valence-electron chi connectivity index (χ3n) is 6.18. The Morgan fingerprint density at radius 3 is 2.41 bits per heavy atom. The van der Waals surface area contributed by atoms with Crippen molar-refractivity contribution in [2.75, 3.05) is 25.1 Å². The first-order valence-electron chi connectivity index (χ1n) is 11.6. The fraction of sp³-hybridized carbons (Fsp3) is 0.333. The molecule has 0 saturated heterocycles. The maximum Gasteiger partial charge on any atom is 0.247 e. The topological polar surface area (TPSA) is 54.8 Å². The number of carbonyl (C=O) groups excluding carboxylic acids is 2. The Hall–Kier alpha value is -3.25. The maximum atomic E-state index is 14.0. The van der Waals surface area contributed by atoms with Gasteiger partial charge in [-0.05, 0) is 55.3 Å². The first kappa shape index (κ1) is 23.9. The lowest BCUT2D eigenvalue weighted by molar-refractivity contribution is -0.134. The van der Waals surface area contributed by atoms with Gasteiger partial charge in [-0.1, -0.05) is 37.6 Å². The number of fused-ring (bicyclic) bond motifs is 3. The Morgan fingerprint density at radius 2 is 1.76 bits per heavy atom. The second-order valence-electron chi connectivity index (χ2n) is 8.46. The van der Waals surface area contributed by atoms with E-state index in [1.54, 1.807) is 18.9 Å². The molecule has 178 valence electrons. The van der Waals surface area contributed by atoms with Gasteiger partial charge in [0, 0.05) is 12.7 Å². The molecule has 6 nitrogen and oxygen atoms in total. The zero-order valence-electron chi connectivity index (χ0n) is 19.8. The van der Waals surface area contributed by atoms with E-state index < -0.39 is 5.38 Å². The van der Waals surface area contributed by atoms with Crippen molar-refractivity contribution in [3.8, 4) is 11.4 Å². The number of anilines is 1. The molecule has 2 aromatic carbocycles. The van der Waals surface area contributed by atoms with E-state index in [1.165, 1.54) is 0 Å². The third-order valence-corrected chi connectivity index (χ3v) is 6.37. The van der Waals surface area contributed by atoms with Gasteiger partial charge in [0.15, 0.2) is 0 Å². The van der Waals surface area contributed by atoms with E-state index >= 15 is 0 Å². The van der Waals surface area contributed by atoms with Crippen LogP contribution in [0.1, 0.15) is 44.0 Å². The first-order valence-corrected chi connectivity index (χ1v) is 12.1. The molecule has 1 aliphatic heterocycles. The molecule has 3 aromatic rings. The maximum absolute atomic E-state index is 14.0. The molecular weight excluding hydrogens is 450 g/mol. The van der Waals surface area contributed by atoms with Crippen molar-refractivity contribution in [1.82, 2.24) is 9.47 Å². The van der Waals surface area contributed by atoms with Crippen molar-refractivity contribution in [3.05, 3.63) is 78.1 Å². The Kier molecular flexibility index (Phi) is 7.27. The molecule has 2 heterocycles. The fourth-order valence-corrected chi connectivity index (χ4v) is 4.61. The van der Waals surface area contributed by atoms with Crippen LogP contribution >= 0.6 is 11.6 Å². The van der Waals surface area contributed by atoms with Crippen molar-refractivity contribution >= 4 is 29.1 Å². The Bertz CT molecular complexity index is 1160. The fourth-order valence-electron chi connectivity index (χ4n) is 4.47. The normalized spacial score (nSPS) is 15.3. The van der Waals surface area contributed by atoms with E-state index in [-0.39, 0.29) is 24.4 Å². The summed E-state index contributed by atoms with van der Waals surface area (Å²) in [6.45, 7) is 4.18. The quantitative estimate of drug-likeness (QED) is 0.418. The molecule has 7 heteroatoms. The molecule has 0 spiro atoms. The summed E-state index contributed by atoms with van der Waals surface area (Å²) in [5.41, 5.74) is 3.67. The number of unbranched alkanes of at least 4 members (excludes halogenated alkanes) is 1. The van der Waals surface area contributed by atoms with Crippen LogP contribution in [0.5, 0.6) is 5.75 Å². The van der Waals surface area contributed by atoms with Gasteiger partial charge in [0.05, 0.1) is 24.2 Å². The van der Waals surface area contributed by atoms with Crippen molar-refractivity contribution in [2.24, 2.45) is 0 Å². The third kappa shape index (κ3) is 4.55. The van der Waals surface area contributed by atoms with Crippen LogP contribution in [0.3, 0.4) is 0 Å². The number of ether oxygens (including phenoxy) is 1. The van der Waals surface area contributed by atoms with Crippen LogP contribution in [0.2, 0.25) is 0 Å². The summed E-state index contributed by atoms with van der Waals surface area (Å²) in [5.74, 6) is 0.376. The zero-order chi connectivity index (χ0) is 24.2. The smallest absolute Gasteiger partial charge is 0.247 e. The summed E-state index contributed by atoms with van der Waals surface area (Å²) in [6.07, 6.45) is 3.74. The average molecular weight is 480 g/mol. The van der Waals surface area contributed by atoms with Gasteiger partial charge in [0.1, 0.15) is 23.7 Å². The molecule has 34 heavy (non-hydrogen) atoms. The highest BCUT2D eigenvalue weighted by atomic mass is 35.5. The van der Waals surface area contributed by atoms with Gasteiger partial charge in [-0.2, -0.15) is 0 Å². The highest BCUT2D eigenvalue weighted by molar-refractivity contribution is 6.30. The van der Waals surface area contributed by atoms with Gasteiger partial charge in [-0.25, -0.2) is 0 Å². The van der Waals surface area contributed by atoms with Gasteiger partial charge in [0.2, 0.25) is 11.8 Å². The number of amides is 2. The zero-order valence-corrected chi connectivity index (χ0v) is 20.5. The molecule has 0 aliphatic carbocycles. The van der Waals surface area contributed by atoms with Crippen LogP contribution in [0, 0.1) is 0 Å². The van der Waals surface area contributed by atoms with E-state index in [4.69, 9.17) is 16.3 Å². The summed E-state index contributed by atoms with van der Waals surface area (Å²) in [4.78, 5) is 30.2. The van der Waals surface area contributed by atoms with E-state index in [1.807, 2.05) is 71.8 Å². The molecule has 2 amide bonds. The Morgan fingerprint density at radius 1 is 1.06 bits per heavy atom. The first-order chi connectivity index (χ1) is 16.5. The van der Waals surface area contributed by atoms with Crippen LogP contribution in [0.15, 0.2) is 66.9 Å². The van der Waals surface area contributed by atoms with Gasteiger partial charge >= 0.3 is 0 Å². The van der Waals surface area contributed by atoms with Gasteiger partial charge in [0.25, 0.3) is 0 Å². The van der Waals surface area contributed by atoms with E-state index in [0.29, 0.717) is 6.54 Å². The number of halogens is 1. The van der Waals surface area contributed by atoms with Crippen molar-refractivity contribution in [1.29, 1.82) is 0 Å². The molecule has 0 fully saturated rings. The van der Waals surface area contributed by atoms with Gasteiger partial charge in [-0.3, -0.25) is 14.5 Å². The molecule has 0 bridgehead atoms. The van der Waals surface area contributed by atoms with Crippen LogP contribution in [0.25, 0.3) is 5.69 Å². The van der Waals surface area contributed by atoms with Crippen molar-refractivity contribution < 1.29 is 14.3 Å². The highest BCUT2D eigenvalue weighted by Gasteiger charge is 2.37. The number of hydrogen-bond acceptors (Lipinski definition) is 3. The lowest BCUT2D eigenvalue weighted by Crippen LogP contribution is -2.48. The van der Waals surface area contributed by atoms with Crippen LogP contribution < -0.4 is 9.64 Å². The van der Waals surface area contributed by atoms with Crippen molar-refractivity contribution in [3.63, 3.8) is 0 Å².